The van der Waals surface area contributed by atoms with Crippen LogP contribution in [-0.2, 0) is 16.0 Å². The molecule has 0 aliphatic carbocycles. The van der Waals surface area contributed by atoms with Gasteiger partial charge in [0.05, 0.1) is 0 Å². The Balaban J connectivity index is 2.13. The van der Waals surface area contributed by atoms with E-state index < -0.39 is 6.04 Å². The molecule has 0 aliphatic heterocycles. The second-order valence-corrected chi connectivity index (χ2v) is 8.46. The van der Waals surface area contributed by atoms with Crippen LogP contribution in [0.15, 0.2) is 53.0 Å². The van der Waals surface area contributed by atoms with Gasteiger partial charge < -0.3 is 15.0 Å². The zero-order valence-electron chi connectivity index (χ0n) is 18.2. The number of nitrogens with one attached hydrogen (secondary N) is 1. The van der Waals surface area contributed by atoms with Gasteiger partial charge in [-0.05, 0) is 62.9 Å². The SMILES string of the molecule is CCC(C(=O)NC(C)C)N(CCc1ccccc1)C(=O)COc1ccc(Br)c(C)c1. The van der Waals surface area contributed by atoms with Gasteiger partial charge in [-0.3, -0.25) is 9.59 Å². The first-order valence-corrected chi connectivity index (χ1v) is 11.1. The molecule has 0 aliphatic rings. The molecule has 0 fully saturated rings. The van der Waals surface area contributed by atoms with Gasteiger partial charge in [0.15, 0.2) is 6.61 Å². The van der Waals surface area contributed by atoms with Crippen molar-refractivity contribution in [2.45, 2.75) is 52.6 Å². The van der Waals surface area contributed by atoms with E-state index in [1.54, 1.807) is 4.90 Å². The van der Waals surface area contributed by atoms with Crippen LogP contribution in [0.5, 0.6) is 5.75 Å². The maximum absolute atomic E-state index is 13.1. The summed E-state index contributed by atoms with van der Waals surface area (Å²) in [6.07, 6.45) is 1.21. The van der Waals surface area contributed by atoms with Crippen molar-refractivity contribution in [1.82, 2.24) is 10.2 Å². The van der Waals surface area contributed by atoms with Gasteiger partial charge in [0.1, 0.15) is 11.8 Å². The number of hydrogen-bond donors (Lipinski definition) is 1. The van der Waals surface area contributed by atoms with Gasteiger partial charge in [-0.25, -0.2) is 0 Å². The summed E-state index contributed by atoms with van der Waals surface area (Å²) in [5, 5.41) is 2.94. The molecule has 1 N–H and O–H groups in total. The summed E-state index contributed by atoms with van der Waals surface area (Å²) in [6, 6.07) is 15.1. The zero-order valence-corrected chi connectivity index (χ0v) is 19.7. The number of amides is 2. The molecule has 0 saturated heterocycles. The lowest BCUT2D eigenvalue weighted by molar-refractivity contribution is -0.142. The van der Waals surface area contributed by atoms with E-state index in [1.807, 2.05) is 76.2 Å². The Bertz CT molecular complexity index is 840. The number of nitrogens with zero attached hydrogens (tertiary/aromatic N) is 1. The zero-order chi connectivity index (χ0) is 22.1. The van der Waals surface area contributed by atoms with E-state index in [1.165, 1.54) is 0 Å². The van der Waals surface area contributed by atoms with Gasteiger partial charge in [-0.2, -0.15) is 0 Å². The van der Waals surface area contributed by atoms with E-state index >= 15 is 0 Å². The smallest absolute Gasteiger partial charge is 0.261 e. The number of hydrogen-bond acceptors (Lipinski definition) is 3. The van der Waals surface area contributed by atoms with Crippen molar-refractivity contribution in [3.05, 3.63) is 64.1 Å². The molecule has 0 saturated carbocycles. The van der Waals surface area contributed by atoms with E-state index in [-0.39, 0.29) is 24.5 Å². The molecule has 2 aromatic rings. The number of benzene rings is 2. The van der Waals surface area contributed by atoms with E-state index in [4.69, 9.17) is 4.74 Å². The summed E-state index contributed by atoms with van der Waals surface area (Å²) in [5.74, 6) is 0.303. The first kappa shape index (κ1) is 23.9. The fourth-order valence-electron chi connectivity index (χ4n) is 3.21. The van der Waals surface area contributed by atoms with Crippen LogP contribution in [0.3, 0.4) is 0 Å². The summed E-state index contributed by atoms with van der Waals surface area (Å²) < 4.78 is 6.74. The summed E-state index contributed by atoms with van der Waals surface area (Å²) in [5.41, 5.74) is 2.16. The van der Waals surface area contributed by atoms with Crippen molar-refractivity contribution in [3.63, 3.8) is 0 Å². The number of aryl methyl sites for hydroxylation is 1. The topological polar surface area (TPSA) is 58.6 Å². The van der Waals surface area contributed by atoms with E-state index in [0.717, 1.165) is 15.6 Å². The Hall–Kier alpha value is -2.34. The summed E-state index contributed by atoms with van der Waals surface area (Å²) in [4.78, 5) is 27.5. The average Bonchev–Trinajstić information content (AvgIpc) is 2.71. The molecule has 1 unspecified atom stereocenters. The minimum absolute atomic E-state index is 0.0135. The van der Waals surface area contributed by atoms with Gasteiger partial charge in [-0.15, -0.1) is 0 Å². The largest absolute Gasteiger partial charge is 0.484 e. The summed E-state index contributed by atoms with van der Waals surface area (Å²) >= 11 is 3.46. The molecule has 0 spiro atoms. The maximum atomic E-state index is 13.1. The molecular formula is C24H31BrN2O3. The summed E-state index contributed by atoms with van der Waals surface area (Å²) in [7, 11) is 0. The minimum atomic E-state index is -0.529. The predicted octanol–water partition coefficient (Wildman–Crippen LogP) is 4.51. The maximum Gasteiger partial charge on any atom is 0.261 e. The van der Waals surface area contributed by atoms with Gasteiger partial charge in [0.2, 0.25) is 5.91 Å². The van der Waals surface area contributed by atoms with Crippen LogP contribution >= 0.6 is 15.9 Å². The number of halogens is 1. The van der Waals surface area contributed by atoms with Crippen molar-refractivity contribution in [3.8, 4) is 5.75 Å². The lowest BCUT2D eigenvalue weighted by atomic mass is 10.1. The van der Waals surface area contributed by atoms with Crippen molar-refractivity contribution in [1.29, 1.82) is 0 Å². The Labute approximate surface area is 187 Å². The molecule has 1 atom stereocenters. The molecular weight excluding hydrogens is 444 g/mol. The molecule has 162 valence electrons. The van der Waals surface area contributed by atoms with Crippen molar-refractivity contribution >= 4 is 27.7 Å². The number of rotatable bonds is 10. The molecule has 0 radical (unpaired) electrons. The fourth-order valence-corrected chi connectivity index (χ4v) is 3.46. The van der Waals surface area contributed by atoms with Crippen LogP contribution in [0, 0.1) is 6.92 Å². The lowest BCUT2D eigenvalue weighted by Crippen LogP contribution is -2.52. The van der Waals surface area contributed by atoms with Gasteiger partial charge in [0, 0.05) is 17.1 Å². The standard InChI is InChI=1S/C24H31BrN2O3/c1-5-22(24(29)26-17(2)3)27(14-13-19-9-7-6-8-10-19)23(28)16-30-20-11-12-21(25)18(4)15-20/h6-12,15,17,22H,5,13-14,16H2,1-4H3,(H,26,29). The molecule has 5 nitrogen and oxygen atoms in total. The molecule has 2 rings (SSSR count). The first-order valence-electron chi connectivity index (χ1n) is 10.3. The highest BCUT2D eigenvalue weighted by atomic mass is 79.9. The number of carbonyl (C=O) groups excluding carboxylic acids is 2. The molecule has 0 bridgehead atoms. The molecule has 0 heterocycles. The van der Waals surface area contributed by atoms with Crippen LogP contribution in [0.2, 0.25) is 0 Å². The minimum Gasteiger partial charge on any atom is -0.484 e. The highest BCUT2D eigenvalue weighted by Crippen LogP contribution is 2.21. The second kappa shape index (κ2) is 11.7. The van der Waals surface area contributed by atoms with E-state index in [0.29, 0.717) is 25.1 Å². The van der Waals surface area contributed by atoms with Gasteiger partial charge >= 0.3 is 0 Å². The lowest BCUT2D eigenvalue weighted by Gasteiger charge is -2.31. The predicted molar refractivity (Wildman–Crippen MR) is 124 cm³/mol. The number of carbonyl (C=O) groups is 2. The monoisotopic (exact) mass is 474 g/mol. The van der Waals surface area contributed by atoms with Crippen LogP contribution < -0.4 is 10.1 Å². The Morgan fingerprint density at radius 1 is 1.13 bits per heavy atom. The quantitative estimate of drug-likeness (QED) is 0.550. The first-order chi connectivity index (χ1) is 14.3. The third kappa shape index (κ3) is 7.17. The highest BCUT2D eigenvalue weighted by Gasteiger charge is 2.28. The molecule has 2 aromatic carbocycles. The van der Waals surface area contributed by atoms with Crippen molar-refractivity contribution in [2.24, 2.45) is 0 Å². The third-order valence-corrected chi connectivity index (χ3v) is 5.68. The van der Waals surface area contributed by atoms with E-state index in [9.17, 15) is 9.59 Å². The third-order valence-electron chi connectivity index (χ3n) is 4.79. The van der Waals surface area contributed by atoms with Crippen LogP contribution in [0.25, 0.3) is 0 Å². The average molecular weight is 475 g/mol. The van der Waals surface area contributed by atoms with Crippen LogP contribution in [0.1, 0.15) is 38.3 Å². The van der Waals surface area contributed by atoms with Crippen molar-refractivity contribution < 1.29 is 14.3 Å². The normalized spacial score (nSPS) is 11.8. The second-order valence-electron chi connectivity index (χ2n) is 7.61. The Morgan fingerprint density at radius 2 is 1.83 bits per heavy atom. The fraction of sp³-hybridized carbons (Fsp3) is 0.417. The molecule has 30 heavy (non-hydrogen) atoms. The van der Waals surface area contributed by atoms with Crippen molar-refractivity contribution in [2.75, 3.05) is 13.2 Å². The Kier molecular flexibility index (Phi) is 9.37. The van der Waals surface area contributed by atoms with Crippen LogP contribution in [0.4, 0.5) is 0 Å². The van der Waals surface area contributed by atoms with Gasteiger partial charge in [-0.1, -0.05) is 53.2 Å². The Morgan fingerprint density at radius 3 is 2.43 bits per heavy atom. The summed E-state index contributed by atoms with van der Waals surface area (Å²) in [6.45, 7) is 8.07. The van der Waals surface area contributed by atoms with Gasteiger partial charge in [0.25, 0.3) is 5.91 Å². The highest BCUT2D eigenvalue weighted by molar-refractivity contribution is 9.10. The van der Waals surface area contributed by atoms with E-state index in [2.05, 4.69) is 21.2 Å². The molecule has 2 amide bonds. The molecule has 6 heteroatoms. The molecule has 0 aromatic heterocycles. The van der Waals surface area contributed by atoms with Crippen LogP contribution in [-0.4, -0.2) is 41.9 Å². The number of ether oxygens (including phenoxy) is 1.